The largest absolute Gasteiger partial charge is 0.443 e. The lowest BCUT2D eigenvalue weighted by molar-refractivity contribution is -0.0679. The molecular weight excluding hydrogens is 504 g/mol. The standard InChI is InChI=1S/C29H26N2O6S/c30-38(33,34)25-11-9-22(10-12-25)28-27(31-20-37-28)26(21-5-2-1-3-6-21)13-16-36-24-8-4-7-23(19-24)29(32)14-17-35-18-15-29/h1-12,19-20,26,32H,14-15,17-18H2,(H2,30,33,34). The average Bonchev–Trinajstić information content (AvgIpc) is 3.41. The van der Waals surface area contributed by atoms with Crippen LogP contribution in [0.2, 0.25) is 0 Å². The quantitative estimate of drug-likeness (QED) is 0.359. The van der Waals surface area contributed by atoms with Gasteiger partial charge >= 0.3 is 0 Å². The van der Waals surface area contributed by atoms with Crippen LogP contribution in [0.5, 0.6) is 5.75 Å². The number of oxazole rings is 1. The second-order valence-corrected chi connectivity index (χ2v) is 10.6. The topological polar surface area (TPSA) is 125 Å². The van der Waals surface area contributed by atoms with Crippen LogP contribution in [0.4, 0.5) is 0 Å². The van der Waals surface area contributed by atoms with Gasteiger partial charge in [-0.3, -0.25) is 0 Å². The molecule has 0 bridgehead atoms. The van der Waals surface area contributed by atoms with E-state index in [1.165, 1.54) is 18.5 Å². The molecule has 0 radical (unpaired) electrons. The lowest BCUT2D eigenvalue weighted by atomic mass is 9.86. The van der Waals surface area contributed by atoms with Crippen molar-refractivity contribution < 1.29 is 27.4 Å². The number of aliphatic hydroxyl groups is 1. The van der Waals surface area contributed by atoms with Gasteiger partial charge in [0.15, 0.2) is 12.2 Å². The summed E-state index contributed by atoms with van der Waals surface area (Å²) >= 11 is 0. The summed E-state index contributed by atoms with van der Waals surface area (Å²) in [5, 5.41) is 16.3. The Labute approximate surface area is 221 Å². The highest BCUT2D eigenvalue weighted by Crippen LogP contribution is 2.34. The van der Waals surface area contributed by atoms with Crippen molar-refractivity contribution in [2.45, 2.75) is 29.3 Å². The SMILES string of the molecule is NS(=O)(=O)c1ccc(-c2ocnc2C(C#COc2cccc(C3(O)CCOCC3)c2)c2ccccc2)cc1. The number of nitrogens with zero attached hydrogens (tertiary/aromatic N) is 1. The Morgan fingerprint density at radius 3 is 2.45 bits per heavy atom. The Hall–Kier alpha value is -3.94. The monoisotopic (exact) mass is 530 g/mol. The van der Waals surface area contributed by atoms with Crippen molar-refractivity contribution in [3.05, 3.63) is 102 Å². The highest BCUT2D eigenvalue weighted by Gasteiger charge is 2.32. The Bertz CT molecular complexity index is 1560. The predicted octanol–water partition coefficient (Wildman–Crippen LogP) is 4.16. The van der Waals surface area contributed by atoms with E-state index in [2.05, 4.69) is 17.0 Å². The van der Waals surface area contributed by atoms with Gasteiger partial charge < -0.3 is 19.0 Å². The summed E-state index contributed by atoms with van der Waals surface area (Å²) in [6, 6.07) is 22.9. The van der Waals surface area contributed by atoms with Gasteiger partial charge in [-0.15, -0.1) is 0 Å². The summed E-state index contributed by atoms with van der Waals surface area (Å²) in [6.07, 6.45) is 5.17. The molecule has 3 N–H and O–H groups in total. The normalized spacial score (nSPS) is 15.7. The van der Waals surface area contributed by atoms with E-state index in [0.717, 1.165) is 11.1 Å². The maximum atomic E-state index is 11.6. The predicted molar refractivity (Wildman–Crippen MR) is 140 cm³/mol. The molecule has 0 amide bonds. The van der Waals surface area contributed by atoms with E-state index in [1.54, 1.807) is 24.3 Å². The van der Waals surface area contributed by atoms with Crippen LogP contribution >= 0.6 is 0 Å². The number of ether oxygens (including phenoxy) is 2. The summed E-state index contributed by atoms with van der Waals surface area (Å²) in [6.45, 7) is 1.01. The van der Waals surface area contributed by atoms with E-state index >= 15 is 0 Å². The molecule has 3 aromatic carbocycles. The van der Waals surface area contributed by atoms with Gasteiger partial charge in [-0.25, -0.2) is 18.5 Å². The number of sulfonamides is 1. The van der Waals surface area contributed by atoms with Crippen LogP contribution in [0.15, 0.2) is 94.6 Å². The Morgan fingerprint density at radius 1 is 1.00 bits per heavy atom. The van der Waals surface area contributed by atoms with Gasteiger partial charge in [-0.1, -0.05) is 42.5 Å². The van der Waals surface area contributed by atoms with Gasteiger partial charge in [0.1, 0.15) is 17.5 Å². The molecule has 0 saturated carbocycles. The molecule has 1 aliphatic heterocycles. The van der Waals surface area contributed by atoms with E-state index in [0.29, 0.717) is 48.8 Å². The van der Waals surface area contributed by atoms with Crippen molar-refractivity contribution in [3.8, 4) is 29.1 Å². The van der Waals surface area contributed by atoms with Crippen LogP contribution in [0.3, 0.4) is 0 Å². The first-order valence-corrected chi connectivity index (χ1v) is 13.6. The molecule has 9 heteroatoms. The van der Waals surface area contributed by atoms with E-state index in [-0.39, 0.29) is 4.90 Å². The smallest absolute Gasteiger partial charge is 0.238 e. The Morgan fingerprint density at radius 2 is 1.74 bits per heavy atom. The van der Waals surface area contributed by atoms with Crippen molar-refractivity contribution >= 4 is 10.0 Å². The number of hydrogen-bond donors (Lipinski definition) is 2. The molecule has 1 atom stereocenters. The molecule has 1 fully saturated rings. The number of aromatic nitrogens is 1. The fourth-order valence-corrected chi connectivity index (χ4v) is 4.94. The molecular formula is C29H26N2O6S. The lowest BCUT2D eigenvalue weighted by Gasteiger charge is -2.32. The van der Waals surface area contributed by atoms with Crippen molar-refractivity contribution in [2.75, 3.05) is 13.2 Å². The van der Waals surface area contributed by atoms with Crippen molar-refractivity contribution in [1.82, 2.24) is 4.98 Å². The first kappa shape index (κ1) is 25.7. The van der Waals surface area contributed by atoms with Crippen molar-refractivity contribution in [3.63, 3.8) is 0 Å². The molecule has 1 aliphatic rings. The van der Waals surface area contributed by atoms with Crippen LogP contribution < -0.4 is 9.88 Å². The molecule has 1 unspecified atom stereocenters. The Balaban J connectivity index is 1.45. The van der Waals surface area contributed by atoms with Crippen molar-refractivity contribution in [1.29, 1.82) is 0 Å². The average molecular weight is 531 g/mol. The molecule has 1 saturated heterocycles. The molecule has 0 aliphatic carbocycles. The van der Waals surface area contributed by atoms with Gasteiger partial charge in [-0.2, -0.15) is 0 Å². The van der Waals surface area contributed by atoms with E-state index < -0.39 is 21.5 Å². The van der Waals surface area contributed by atoms with E-state index in [9.17, 15) is 13.5 Å². The highest BCUT2D eigenvalue weighted by molar-refractivity contribution is 7.89. The number of primary sulfonamides is 1. The molecule has 0 spiro atoms. The third-order valence-electron chi connectivity index (χ3n) is 6.51. The van der Waals surface area contributed by atoms with Gasteiger partial charge in [0, 0.05) is 31.6 Å². The Kier molecular flexibility index (Phi) is 7.31. The molecule has 1 aromatic heterocycles. The first-order valence-electron chi connectivity index (χ1n) is 12.0. The van der Waals surface area contributed by atoms with Crippen LogP contribution in [-0.4, -0.2) is 31.7 Å². The summed E-state index contributed by atoms with van der Waals surface area (Å²) < 4.78 is 40.2. The fourth-order valence-electron chi connectivity index (χ4n) is 4.42. The van der Waals surface area contributed by atoms with Gasteiger partial charge in [0.05, 0.1) is 16.4 Å². The minimum Gasteiger partial charge on any atom is -0.443 e. The zero-order valence-electron chi connectivity index (χ0n) is 20.4. The maximum Gasteiger partial charge on any atom is 0.238 e. The van der Waals surface area contributed by atoms with E-state index in [1.807, 2.05) is 42.5 Å². The fraction of sp³-hybridized carbons (Fsp3) is 0.207. The van der Waals surface area contributed by atoms with Gasteiger partial charge in [0.2, 0.25) is 10.0 Å². The molecule has 38 heavy (non-hydrogen) atoms. The minimum atomic E-state index is -3.82. The molecule has 8 nitrogen and oxygen atoms in total. The molecule has 4 aromatic rings. The van der Waals surface area contributed by atoms with E-state index in [4.69, 9.17) is 19.0 Å². The summed E-state index contributed by atoms with van der Waals surface area (Å²) in [7, 11) is -3.82. The molecule has 2 heterocycles. The lowest BCUT2D eigenvalue weighted by Crippen LogP contribution is -2.33. The van der Waals surface area contributed by atoms with Crippen LogP contribution in [0.25, 0.3) is 11.3 Å². The van der Waals surface area contributed by atoms with Gasteiger partial charge in [0.25, 0.3) is 0 Å². The van der Waals surface area contributed by atoms with Crippen LogP contribution in [-0.2, 0) is 20.4 Å². The number of benzene rings is 3. The first-order chi connectivity index (χ1) is 18.3. The highest BCUT2D eigenvalue weighted by atomic mass is 32.2. The second-order valence-electron chi connectivity index (χ2n) is 9.00. The van der Waals surface area contributed by atoms with Crippen molar-refractivity contribution in [2.24, 2.45) is 5.14 Å². The summed E-state index contributed by atoms with van der Waals surface area (Å²) in [4.78, 5) is 4.44. The van der Waals surface area contributed by atoms with Gasteiger partial charge in [-0.05, 0) is 53.4 Å². The number of hydrogen-bond acceptors (Lipinski definition) is 7. The molecule has 194 valence electrons. The maximum absolute atomic E-state index is 11.6. The summed E-state index contributed by atoms with van der Waals surface area (Å²) in [5.41, 5.74) is 1.88. The summed E-state index contributed by atoms with van der Waals surface area (Å²) in [5.74, 6) is 3.62. The number of nitrogens with two attached hydrogens (primary N) is 1. The second kappa shape index (κ2) is 10.8. The zero-order valence-corrected chi connectivity index (χ0v) is 21.2. The van der Waals surface area contributed by atoms with Crippen LogP contribution in [0, 0.1) is 12.0 Å². The number of rotatable bonds is 6. The molecule has 5 rings (SSSR count). The van der Waals surface area contributed by atoms with Crippen LogP contribution in [0.1, 0.15) is 35.6 Å². The third kappa shape index (κ3) is 5.64. The minimum absolute atomic E-state index is 0.00255. The third-order valence-corrected chi connectivity index (χ3v) is 7.44. The zero-order chi connectivity index (χ0) is 26.6.